The molecule has 1 fully saturated rings. The number of hydrogen-bond acceptors (Lipinski definition) is 7. The Labute approximate surface area is 112 Å². The smallest absolute Gasteiger partial charge is 0.239 e. The summed E-state index contributed by atoms with van der Waals surface area (Å²) in [6.07, 6.45) is 1.23. The SMILES string of the molecule is Cc1cc(N2CCN(S(C)(=O)=O)CC2)nc(NN)n1. The highest BCUT2D eigenvalue weighted by Crippen LogP contribution is 2.17. The fourth-order valence-corrected chi connectivity index (χ4v) is 2.85. The second-order valence-electron chi connectivity index (χ2n) is 4.48. The quantitative estimate of drug-likeness (QED) is 0.551. The van der Waals surface area contributed by atoms with E-state index < -0.39 is 10.0 Å². The summed E-state index contributed by atoms with van der Waals surface area (Å²) in [5.41, 5.74) is 3.23. The van der Waals surface area contributed by atoms with Gasteiger partial charge in [0.1, 0.15) is 5.82 Å². The summed E-state index contributed by atoms with van der Waals surface area (Å²) in [4.78, 5) is 10.4. The zero-order chi connectivity index (χ0) is 14.0. The molecule has 106 valence electrons. The molecule has 0 atom stereocenters. The number of rotatable bonds is 3. The van der Waals surface area contributed by atoms with Gasteiger partial charge in [-0.2, -0.15) is 9.29 Å². The average molecular weight is 286 g/mol. The molecule has 0 aromatic carbocycles. The van der Waals surface area contributed by atoms with Gasteiger partial charge in [-0.3, -0.25) is 5.43 Å². The predicted octanol–water partition coefficient (Wildman–Crippen LogP) is -0.848. The van der Waals surface area contributed by atoms with E-state index in [9.17, 15) is 8.42 Å². The second-order valence-corrected chi connectivity index (χ2v) is 6.47. The first-order chi connectivity index (χ1) is 8.90. The molecule has 0 unspecified atom stereocenters. The van der Waals surface area contributed by atoms with Crippen LogP contribution in [0.3, 0.4) is 0 Å². The third-order valence-corrected chi connectivity index (χ3v) is 4.30. The first-order valence-corrected chi connectivity index (χ1v) is 7.77. The molecule has 2 rings (SSSR count). The van der Waals surface area contributed by atoms with Gasteiger partial charge in [0, 0.05) is 37.9 Å². The summed E-state index contributed by atoms with van der Waals surface area (Å²) in [6, 6.07) is 1.86. The number of hydrogen-bond donors (Lipinski definition) is 2. The van der Waals surface area contributed by atoms with Gasteiger partial charge in [-0.1, -0.05) is 0 Å². The lowest BCUT2D eigenvalue weighted by molar-refractivity contribution is 0.387. The molecule has 2 heterocycles. The molecule has 1 aromatic heterocycles. The molecule has 3 N–H and O–H groups in total. The maximum absolute atomic E-state index is 11.4. The lowest BCUT2D eigenvalue weighted by atomic mass is 10.3. The largest absolute Gasteiger partial charge is 0.354 e. The number of nitrogens with one attached hydrogen (secondary N) is 1. The van der Waals surface area contributed by atoms with E-state index in [0.717, 1.165) is 11.5 Å². The minimum Gasteiger partial charge on any atom is -0.354 e. The summed E-state index contributed by atoms with van der Waals surface area (Å²) in [7, 11) is -3.11. The van der Waals surface area contributed by atoms with Crippen molar-refractivity contribution in [2.75, 3.05) is 42.8 Å². The lowest BCUT2D eigenvalue weighted by Crippen LogP contribution is -2.48. The van der Waals surface area contributed by atoms with Crippen molar-refractivity contribution in [1.82, 2.24) is 14.3 Å². The van der Waals surface area contributed by atoms with Crippen LogP contribution in [0, 0.1) is 6.92 Å². The number of anilines is 2. The molecule has 19 heavy (non-hydrogen) atoms. The van der Waals surface area contributed by atoms with Crippen LogP contribution < -0.4 is 16.2 Å². The molecule has 1 saturated heterocycles. The summed E-state index contributed by atoms with van der Waals surface area (Å²) in [5, 5.41) is 0. The van der Waals surface area contributed by atoms with Gasteiger partial charge in [0.25, 0.3) is 0 Å². The van der Waals surface area contributed by atoms with Gasteiger partial charge in [-0.25, -0.2) is 19.2 Å². The molecule has 0 bridgehead atoms. The van der Waals surface area contributed by atoms with E-state index in [1.807, 2.05) is 17.9 Å². The molecule has 0 spiro atoms. The lowest BCUT2D eigenvalue weighted by Gasteiger charge is -2.34. The molecule has 1 aromatic rings. The van der Waals surface area contributed by atoms with Gasteiger partial charge in [-0.05, 0) is 6.92 Å². The molecule has 0 saturated carbocycles. The first kappa shape index (κ1) is 14.0. The Hall–Kier alpha value is -1.45. The third kappa shape index (κ3) is 3.31. The average Bonchev–Trinajstić information content (AvgIpc) is 2.37. The van der Waals surface area contributed by atoms with E-state index in [0.29, 0.717) is 32.1 Å². The van der Waals surface area contributed by atoms with Crippen LogP contribution in [0.4, 0.5) is 11.8 Å². The highest BCUT2D eigenvalue weighted by Gasteiger charge is 2.24. The Balaban J connectivity index is 2.11. The molecule has 8 nitrogen and oxygen atoms in total. The second kappa shape index (κ2) is 5.27. The van der Waals surface area contributed by atoms with Crippen LogP contribution in [0.1, 0.15) is 5.69 Å². The van der Waals surface area contributed by atoms with E-state index in [-0.39, 0.29) is 0 Å². The number of hydrazine groups is 1. The van der Waals surface area contributed by atoms with Crippen LogP contribution in [-0.2, 0) is 10.0 Å². The normalized spacial score (nSPS) is 17.5. The van der Waals surface area contributed by atoms with Crippen molar-refractivity contribution in [3.05, 3.63) is 11.8 Å². The number of aromatic nitrogens is 2. The standard InChI is InChI=1S/C10H18N6O2S/c1-8-7-9(13-10(12-8)14-11)15-3-5-16(6-4-15)19(2,17)18/h7H,3-6,11H2,1-2H3,(H,12,13,14). The topological polar surface area (TPSA) is 104 Å². The van der Waals surface area contributed by atoms with Crippen molar-refractivity contribution < 1.29 is 8.42 Å². The summed E-state index contributed by atoms with van der Waals surface area (Å²) >= 11 is 0. The predicted molar refractivity (Wildman–Crippen MR) is 73.2 cm³/mol. The van der Waals surface area contributed by atoms with Crippen LogP contribution in [0.25, 0.3) is 0 Å². The van der Waals surface area contributed by atoms with Gasteiger partial charge < -0.3 is 4.90 Å². The van der Waals surface area contributed by atoms with Crippen LogP contribution in [0.2, 0.25) is 0 Å². The third-order valence-electron chi connectivity index (χ3n) is 3.00. The van der Waals surface area contributed by atoms with Crippen LogP contribution in [0.5, 0.6) is 0 Å². The first-order valence-electron chi connectivity index (χ1n) is 5.92. The highest BCUT2D eigenvalue weighted by molar-refractivity contribution is 7.88. The fourth-order valence-electron chi connectivity index (χ4n) is 2.03. The molecule has 1 aliphatic heterocycles. The Bertz CT molecular complexity index is 553. The maximum Gasteiger partial charge on any atom is 0.239 e. The highest BCUT2D eigenvalue weighted by atomic mass is 32.2. The van der Waals surface area contributed by atoms with Crippen LogP contribution >= 0.6 is 0 Å². The van der Waals surface area contributed by atoms with Crippen molar-refractivity contribution in [1.29, 1.82) is 0 Å². The number of sulfonamides is 1. The van der Waals surface area contributed by atoms with Crippen molar-refractivity contribution in [2.45, 2.75) is 6.92 Å². The fraction of sp³-hybridized carbons (Fsp3) is 0.600. The van der Waals surface area contributed by atoms with E-state index in [2.05, 4.69) is 15.4 Å². The zero-order valence-corrected chi connectivity index (χ0v) is 11.8. The van der Waals surface area contributed by atoms with Crippen molar-refractivity contribution >= 4 is 21.8 Å². The maximum atomic E-state index is 11.4. The number of nitrogens with two attached hydrogens (primary N) is 1. The zero-order valence-electron chi connectivity index (χ0n) is 11.0. The van der Waals surface area contributed by atoms with Gasteiger partial charge in [0.2, 0.25) is 16.0 Å². The van der Waals surface area contributed by atoms with E-state index >= 15 is 0 Å². The van der Waals surface area contributed by atoms with E-state index in [1.54, 1.807) is 0 Å². The molecule has 0 amide bonds. The minimum absolute atomic E-state index is 0.362. The minimum atomic E-state index is -3.11. The van der Waals surface area contributed by atoms with Crippen LogP contribution in [-0.4, -0.2) is 55.1 Å². The van der Waals surface area contributed by atoms with E-state index in [1.165, 1.54) is 10.6 Å². The molecule has 0 radical (unpaired) electrons. The van der Waals surface area contributed by atoms with Gasteiger partial charge in [-0.15, -0.1) is 0 Å². The Morgan fingerprint density at radius 1 is 1.26 bits per heavy atom. The molecule has 0 aliphatic carbocycles. The Morgan fingerprint density at radius 2 is 1.89 bits per heavy atom. The van der Waals surface area contributed by atoms with Crippen molar-refractivity contribution in [3.63, 3.8) is 0 Å². The van der Waals surface area contributed by atoms with Crippen molar-refractivity contribution in [2.24, 2.45) is 5.84 Å². The molecular formula is C10H18N6O2S. The number of aryl methyl sites for hydroxylation is 1. The molecule has 9 heteroatoms. The van der Waals surface area contributed by atoms with Gasteiger partial charge in [0.05, 0.1) is 6.26 Å². The van der Waals surface area contributed by atoms with E-state index in [4.69, 9.17) is 5.84 Å². The number of piperazine rings is 1. The summed E-state index contributed by atoms with van der Waals surface area (Å²) < 4.78 is 24.4. The van der Waals surface area contributed by atoms with Gasteiger partial charge >= 0.3 is 0 Å². The molecule has 1 aliphatic rings. The molecular weight excluding hydrogens is 268 g/mol. The van der Waals surface area contributed by atoms with Crippen molar-refractivity contribution in [3.8, 4) is 0 Å². The monoisotopic (exact) mass is 286 g/mol. The summed E-state index contributed by atoms with van der Waals surface area (Å²) in [6.45, 7) is 4.00. The summed E-state index contributed by atoms with van der Waals surface area (Å²) in [5.74, 6) is 6.43. The Kier molecular flexibility index (Phi) is 3.88. The number of nitrogen functional groups attached to an aromatic ring is 1. The van der Waals surface area contributed by atoms with Crippen LogP contribution in [0.15, 0.2) is 6.07 Å². The Morgan fingerprint density at radius 3 is 2.42 bits per heavy atom. The van der Waals surface area contributed by atoms with Gasteiger partial charge in [0.15, 0.2) is 0 Å². The number of nitrogens with zero attached hydrogens (tertiary/aromatic N) is 4.